The van der Waals surface area contributed by atoms with Crippen molar-refractivity contribution in [3.8, 4) is 0 Å². The van der Waals surface area contributed by atoms with Crippen LogP contribution < -0.4 is 4.72 Å². The van der Waals surface area contributed by atoms with Gasteiger partial charge in [-0.05, 0) is 31.0 Å². The summed E-state index contributed by atoms with van der Waals surface area (Å²) in [4.78, 5) is 6.93. The van der Waals surface area contributed by atoms with Crippen molar-refractivity contribution >= 4 is 10.0 Å². The average molecular weight is 297 g/mol. The average Bonchev–Trinajstić information content (AvgIpc) is 2.91. The molecule has 0 aliphatic carbocycles. The molecule has 0 atom stereocenters. The van der Waals surface area contributed by atoms with Crippen LogP contribution >= 0.6 is 0 Å². The van der Waals surface area contributed by atoms with Gasteiger partial charge in [-0.3, -0.25) is 0 Å². The maximum atomic E-state index is 13.4. The van der Waals surface area contributed by atoms with Crippen molar-refractivity contribution in [3.63, 3.8) is 0 Å². The molecule has 0 aliphatic rings. The number of hydrogen-bond donors (Lipinski definition) is 2. The first-order valence-electron chi connectivity index (χ1n) is 6.23. The van der Waals surface area contributed by atoms with Gasteiger partial charge >= 0.3 is 0 Å². The van der Waals surface area contributed by atoms with Crippen LogP contribution in [0, 0.1) is 12.7 Å². The van der Waals surface area contributed by atoms with Crippen LogP contribution in [0.15, 0.2) is 35.5 Å². The van der Waals surface area contributed by atoms with Crippen LogP contribution in [0.1, 0.15) is 17.8 Å². The van der Waals surface area contributed by atoms with Crippen molar-refractivity contribution in [2.45, 2.75) is 24.7 Å². The molecule has 108 valence electrons. The third-order valence-corrected chi connectivity index (χ3v) is 4.35. The minimum absolute atomic E-state index is 0.0569. The van der Waals surface area contributed by atoms with Gasteiger partial charge in [-0.25, -0.2) is 22.5 Å². The van der Waals surface area contributed by atoms with Crippen molar-refractivity contribution in [3.05, 3.63) is 47.8 Å². The normalized spacial score (nSPS) is 11.7. The summed E-state index contributed by atoms with van der Waals surface area (Å²) >= 11 is 0. The minimum atomic E-state index is -3.66. The molecular weight excluding hydrogens is 281 g/mol. The Morgan fingerprint density at radius 1 is 1.40 bits per heavy atom. The lowest BCUT2D eigenvalue weighted by Gasteiger charge is -2.07. The molecule has 2 rings (SSSR count). The molecule has 0 fully saturated rings. The van der Waals surface area contributed by atoms with Gasteiger partial charge < -0.3 is 4.98 Å². The fourth-order valence-corrected chi connectivity index (χ4v) is 2.81. The van der Waals surface area contributed by atoms with E-state index in [0.717, 1.165) is 11.9 Å². The van der Waals surface area contributed by atoms with Gasteiger partial charge in [0.05, 0.1) is 4.90 Å². The summed E-state index contributed by atoms with van der Waals surface area (Å²) in [5, 5.41) is 0. The Balaban J connectivity index is 1.92. The molecule has 5 nitrogen and oxygen atoms in total. The van der Waals surface area contributed by atoms with Crippen LogP contribution in [0.25, 0.3) is 0 Å². The predicted octanol–water partition coefficient (Wildman–Crippen LogP) is 1.77. The van der Waals surface area contributed by atoms with Gasteiger partial charge in [0.25, 0.3) is 0 Å². The summed E-state index contributed by atoms with van der Waals surface area (Å²) in [7, 11) is -3.66. The molecule has 0 saturated carbocycles. The van der Waals surface area contributed by atoms with Crippen molar-refractivity contribution in [1.82, 2.24) is 14.7 Å². The molecule has 20 heavy (non-hydrogen) atoms. The lowest BCUT2D eigenvalue weighted by molar-refractivity contribution is 0.574. The van der Waals surface area contributed by atoms with Gasteiger partial charge in [0.2, 0.25) is 10.0 Å². The van der Waals surface area contributed by atoms with E-state index in [2.05, 4.69) is 14.7 Å². The Morgan fingerprint density at radius 3 is 2.85 bits per heavy atom. The number of H-pyrrole nitrogens is 1. The molecule has 2 N–H and O–H groups in total. The number of aryl methyl sites for hydroxylation is 2. The Kier molecular flexibility index (Phi) is 4.51. The van der Waals surface area contributed by atoms with Crippen LogP contribution in [0.2, 0.25) is 0 Å². The third kappa shape index (κ3) is 3.64. The first-order valence-corrected chi connectivity index (χ1v) is 7.71. The second-order valence-electron chi connectivity index (χ2n) is 4.45. The van der Waals surface area contributed by atoms with Gasteiger partial charge in [-0.1, -0.05) is 6.07 Å². The van der Waals surface area contributed by atoms with Crippen LogP contribution in [0.4, 0.5) is 4.39 Å². The molecule has 0 saturated heterocycles. The molecule has 0 radical (unpaired) electrons. The highest BCUT2D eigenvalue weighted by Crippen LogP contribution is 2.13. The summed E-state index contributed by atoms with van der Waals surface area (Å²) in [6.07, 6.45) is 4.63. The summed E-state index contributed by atoms with van der Waals surface area (Å²) in [5.41, 5.74) is 0.418. The van der Waals surface area contributed by atoms with E-state index in [1.54, 1.807) is 19.3 Å². The minimum Gasteiger partial charge on any atom is -0.349 e. The lowest BCUT2D eigenvalue weighted by Crippen LogP contribution is -2.25. The van der Waals surface area contributed by atoms with Gasteiger partial charge in [-0.15, -0.1) is 0 Å². The molecule has 1 heterocycles. The Labute approximate surface area is 117 Å². The van der Waals surface area contributed by atoms with Crippen molar-refractivity contribution in [2.75, 3.05) is 6.54 Å². The van der Waals surface area contributed by atoms with E-state index in [0.29, 0.717) is 18.4 Å². The van der Waals surface area contributed by atoms with Crippen LogP contribution in [-0.2, 0) is 16.4 Å². The summed E-state index contributed by atoms with van der Waals surface area (Å²) in [6.45, 7) is 1.86. The molecule has 0 bridgehead atoms. The Hall–Kier alpha value is -1.73. The van der Waals surface area contributed by atoms with Crippen molar-refractivity contribution < 1.29 is 12.8 Å². The van der Waals surface area contributed by atoms with Gasteiger partial charge in [0.15, 0.2) is 0 Å². The topological polar surface area (TPSA) is 74.8 Å². The standard InChI is InChI=1S/C13H16FN3O2S/c1-10-4-5-11(9-12(10)14)20(18,19)17-6-2-3-13-15-7-8-16-13/h4-5,7-9,17H,2-3,6H2,1H3,(H,15,16). The summed E-state index contributed by atoms with van der Waals surface area (Å²) in [6, 6.07) is 3.88. The predicted molar refractivity (Wildman–Crippen MR) is 73.2 cm³/mol. The highest BCUT2D eigenvalue weighted by Gasteiger charge is 2.14. The fourth-order valence-electron chi connectivity index (χ4n) is 1.72. The van der Waals surface area contributed by atoms with E-state index in [1.165, 1.54) is 12.1 Å². The maximum absolute atomic E-state index is 13.4. The molecule has 1 aromatic heterocycles. The first-order chi connectivity index (χ1) is 9.49. The van der Waals surface area contributed by atoms with E-state index < -0.39 is 15.8 Å². The molecule has 1 aromatic carbocycles. The fraction of sp³-hybridized carbons (Fsp3) is 0.308. The highest BCUT2D eigenvalue weighted by molar-refractivity contribution is 7.89. The lowest BCUT2D eigenvalue weighted by atomic mass is 10.2. The van der Waals surface area contributed by atoms with Gasteiger partial charge in [-0.2, -0.15) is 0 Å². The summed E-state index contributed by atoms with van der Waals surface area (Å²) in [5.74, 6) is 0.286. The number of nitrogens with zero attached hydrogens (tertiary/aromatic N) is 1. The number of halogens is 1. The molecular formula is C13H16FN3O2S. The largest absolute Gasteiger partial charge is 0.349 e. The number of aromatic nitrogens is 2. The maximum Gasteiger partial charge on any atom is 0.240 e. The highest BCUT2D eigenvalue weighted by atomic mass is 32.2. The first kappa shape index (κ1) is 14.7. The van der Waals surface area contributed by atoms with E-state index in [-0.39, 0.29) is 11.4 Å². The smallest absolute Gasteiger partial charge is 0.240 e. The monoisotopic (exact) mass is 297 g/mol. The van der Waals surface area contributed by atoms with Gasteiger partial charge in [0.1, 0.15) is 11.6 Å². The number of imidazole rings is 1. The van der Waals surface area contributed by atoms with E-state index >= 15 is 0 Å². The number of rotatable bonds is 6. The molecule has 0 amide bonds. The molecule has 7 heteroatoms. The van der Waals surface area contributed by atoms with E-state index in [4.69, 9.17) is 0 Å². The Bertz CT molecular complexity index is 669. The number of nitrogens with one attached hydrogen (secondary N) is 2. The van der Waals surface area contributed by atoms with Crippen molar-refractivity contribution in [1.29, 1.82) is 0 Å². The number of benzene rings is 1. The number of hydrogen-bond acceptors (Lipinski definition) is 3. The van der Waals surface area contributed by atoms with Crippen LogP contribution in [-0.4, -0.2) is 24.9 Å². The van der Waals surface area contributed by atoms with Crippen LogP contribution in [0.3, 0.4) is 0 Å². The zero-order valence-corrected chi connectivity index (χ0v) is 11.9. The number of sulfonamides is 1. The van der Waals surface area contributed by atoms with E-state index in [9.17, 15) is 12.8 Å². The molecule has 0 spiro atoms. The molecule has 0 unspecified atom stereocenters. The number of aromatic amines is 1. The zero-order valence-electron chi connectivity index (χ0n) is 11.1. The second kappa shape index (κ2) is 6.15. The molecule has 0 aliphatic heterocycles. The van der Waals surface area contributed by atoms with Crippen LogP contribution in [0.5, 0.6) is 0 Å². The van der Waals surface area contributed by atoms with E-state index in [1.807, 2.05) is 0 Å². The zero-order chi connectivity index (χ0) is 14.6. The quantitative estimate of drug-likeness (QED) is 0.798. The van der Waals surface area contributed by atoms with Crippen molar-refractivity contribution in [2.24, 2.45) is 0 Å². The Morgan fingerprint density at radius 2 is 2.20 bits per heavy atom. The third-order valence-electron chi connectivity index (χ3n) is 2.89. The van der Waals surface area contributed by atoms with Gasteiger partial charge in [0, 0.05) is 25.4 Å². The molecule has 2 aromatic rings. The second-order valence-corrected chi connectivity index (χ2v) is 6.22. The summed E-state index contributed by atoms with van der Waals surface area (Å²) < 4.78 is 39.7. The SMILES string of the molecule is Cc1ccc(S(=O)(=O)NCCCc2ncc[nH]2)cc1F.